The van der Waals surface area contributed by atoms with Crippen LogP contribution < -0.4 is 5.32 Å². The zero-order valence-corrected chi connectivity index (χ0v) is 16.5. The summed E-state index contributed by atoms with van der Waals surface area (Å²) in [6.45, 7) is 2.44. The molecule has 2 amide bonds. The lowest BCUT2D eigenvalue weighted by molar-refractivity contribution is -0.142. The molecule has 3 rings (SSSR count). The summed E-state index contributed by atoms with van der Waals surface area (Å²) in [5, 5.41) is 7.13. The van der Waals surface area contributed by atoms with Crippen molar-refractivity contribution >= 4 is 29.1 Å². The Morgan fingerprint density at radius 1 is 1.14 bits per heavy atom. The van der Waals surface area contributed by atoms with Gasteiger partial charge in [0.15, 0.2) is 0 Å². The molecular formula is C21H21ClN4O2. The van der Waals surface area contributed by atoms with Crippen LogP contribution in [0.5, 0.6) is 0 Å². The highest BCUT2D eigenvalue weighted by Crippen LogP contribution is 2.24. The number of hydrogen-bond donors (Lipinski definition) is 1. The predicted octanol–water partition coefficient (Wildman–Crippen LogP) is 3.69. The number of anilines is 1. The molecule has 0 radical (unpaired) electrons. The highest BCUT2D eigenvalue weighted by Gasteiger charge is 2.19. The highest BCUT2D eigenvalue weighted by atomic mass is 35.5. The number of carbonyl (C=O) groups excluding carboxylic acids is 2. The van der Waals surface area contributed by atoms with Crippen LogP contribution in [0.3, 0.4) is 0 Å². The summed E-state index contributed by atoms with van der Waals surface area (Å²) >= 11 is 6.27. The Balaban J connectivity index is 1.63. The van der Waals surface area contributed by atoms with E-state index < -0.39 is 11.8 Å². The lowest BCUT2D eigenvalue weighted by Crippen LogP contribution is -2.36. The smallest absolute Gasteiger partial charge is 0.313 e. The van der Waals surface area contributed by atoms with Crippen molar-refractivity contribution in [2.24, 2.45) is 0 Å². The first-order valence-corrected chi connectivity index (χ1v) is 9.29. The second-order valence-corrected chi connectivity index (χ2v) is 6.81. The van der Waals surface area contributed by atoms with Crippen LogP contribution >= 0.6 is 11.6 Å². The fraction of sp³-hybridized carbons (Fsp3) is 0.190. The van der Waals surface area contributed by atoms with Gasteiger partial charge in [-0.2, -0.15) is 5.10 Å². The van der Waals surface area contributed by atoms with Gasteiger partial charge in [-0.3, -0.25) is 9.59 Å². The molecule has 28 heavy (non-hydrogen) atoms. The Hall–Kier alpha value is -3.12. The minimum Gasteiger partial charge on any atom is -0.333 e. The van der Waals surface area contributed by atoms with Crippen LogP contribution in [0.4, 0.5) is 5.69 Å². The second-order valence-electron chi connectivity index (χ2n) is 6.40. The number of nitrogens with one attached hydrogen (secondary N) is 1. The van der Waals surface area contributed by atoms with Gasteiger partial charge in [0.05, 0.1) is 10.7 Å². The third-order valence-electron chi connectivity index (χ3n) is 4.35. The van der Waals surface area contributed by atoms with Gasteiger partial charge in [0, 0.05) is 31.7 Å². The molecule has 7 heteroatoms. The molecule has 1 heterocycles. The minimum atomic E-state index is -0.712. The summed E-state index contributed by atoms with van der Waals surface area (Å²) < 4.78 is 1.62. The molecule has 0 saturated heterocycles. The van der Waals surface area contributed by atoms with E-state index in [0.717, 1.165) is 12.0 Å². The van der Waals surface area contributed by atoms with Crippen LogP contribution in [-0.2, 0) is 22.6 Å². The molecule has 0 atom stereocenters. The molecule has 0 unspecified atom stereocenters. The molecule has 0 aliphatic carbocycles. The van der Waals surface area contributed by atoms with Gasteiger partial charge in [0.25, 0.3) is 0 Å². The molecule has 1 aromatic heterocycles. The van der Waals surface area contributed by atoms with E-state index >= 15 is 0 Å². The molecule has 0 saturated carbocycles. The van der Waals surface area contributed by atoms with Crippen molar-refractivity contribution in [3.63, 3.8) is 0 Å². The average Bonchev–Trinajstić information content (AvgIpc) is 3.22. The molecule has 1 N–H and O–H groups in total. The van der Waals surface area contributed by atoms with E-state index in [9.17, 15) is 9.59 Å². The number of aromatic nitrogens is 2. The van der Waals surface area contributed by atoms with Crippen molar-refractivity contribution in [2.45, 2.75) is 19.9 Å². The maximum absolute atomic E-state index is 12.4. The largest absolute Gasteiger partial charge is 0.333 e. The molecule has 6 nitrogen and oxygen atoms in total. The Labute approximate surface area is 168 Å². The third-order valence-corrected chi connectivity index (χ3v) is 4.65. The molecular weight excluding hydrogens is 376 g/mol. The number of halogens is 1. The third kappa shape index (κ3) is 4.58. The molecule has 144 valence electrons. The summed E-state index contributed by atoms with van der Waals surface area (Å²) in [6, 6.07) is 14.8. The van der Waals surface area contributed by atoms with Gasteiger partial charge in [-0.25, -0.2) is 4.68 Å². The molecule has 0 aliphatic heterocycles. The number of likely N-dealkylation sites (N-methyl/N-ethyl adjacent to an activating group) is 1. The average molecular weight is 397 g/mol. The van der Waals surface area contributed by atoms with Crippen LogP contribution in [0, 0.1) is 0 Å². The highest BCUT2D eigenvalue weighted by molar-refractivity contribution is 6.39. The van der Waals surface area contributed by atoms with E-state index in [-0.39, 0.29) is 0 Å². The van der Waals surface area contributed by atoms with Gasteiger partial charge < -0.3 is 10.2 Å². The number of nitrogens with zero attached hydrogens (tertiary/aromatic N) is 3. The van der Waals surface area contributed by atoms with Crippen LogP contribution in [0.1, 0.15) is 18.1 Å². The first kappa shape index (κ1) is 19.6. The minimum absolute atomic E-state index is 0.356. The van der Waals surface area contributed by atoms with Crippen molar-refractivity contribution in [3.8, 4) is 5.69 Å². The summed E-state index contributed by atoms with van der Waals surface area (Å²) in [5.74, 6) is -1.33. The first-order valence-electron chi connectivity index (χ1n) is 8.91. The first-order chi connectivity index (χ1) is 13.5. The summed E-state index contributed by atoms with van der Waals surface area (Å²) in [6.07, 6.45) is 4.38. The lowest BCUT2D eigenvalue weighted by Gasteiger charge is -2.17. The standard InChI is InChI=1S/C21H21ClN4O2/c1-3-15-5-7-16(8-6-15)14-25(2)21(28)20(27)24-17-9-10-19(18(22)13-17)26-12-4-11-23-26/h4-13H,3,14H2,1-2H3,(H,24,27). The quantitative estimate of drug-likeness (QED) is 0.669. The predicted molar refractivity (Wildman–Crippen MR) is 109 cm³/mol. The van der Waals surface area contributed by atoms with Gasteiger partial charge >= 0.3 is 11.8 Å². The van der Waals surface area contributed by atoms with Gasteiger partial charge in [0.2, 0.25) is 0 Å². The Bertz CT molecular complexity index is 969. The maximum atomic E-state index is 12.4. The Kier molecular flexibility index (Phi) is 6.11. The summed E-state index contributed by atoms with van der Waals surface area (Å²) in [4.78, 5) is 26.1. The zero-order chi connectivity index (χ0) is 20.1. The van der Waals surface area contributed by atoms with Crippen LogP contribution in [0.15, 0.2) is 60.9 Å². The van der Waals surface area contributed by atoms with E-state index in [0.29, 0.717) is 22.9 Å². The fourth-order valence-electron chi connectivity index (χ4n) is 2.77. The van der Waals surface area contributed by atoms with Crippen LogP contribution in [0.25, 0.3) is 5.69 Å². The normalized spacial score (nSPS) is 10.5. The van der Waals surface area contributed by atoms with Crippen molar-refractivity contribution in [2.75, 3.05) is 12.4 Å². The van der Waals surface area contributed by atoms with Crippen molar-refractivity contribution < 1.29 is 9.59 Å². The molecule has 0 spiro atoms. The zero-order valence-electron chi connectivity index (χ0n) is 15.7. The Morgan fingerprint density at radius 2 is 1.86 bits per heavy atom. The SMILES string of the molecule is CCc1ccc(CN(C)C(=O)C(=O)Nc2ccc(-n3cccn3)c(Cl)c2)cc1. The number of aryl methyl sites for hydroxylation is 1. The summed E-state index contributed by atoms with van der Waals surface area (Å²) in [5.41, 5.74) is 3.32. The van der Waals surface area contributed by atoms with Gasteiger partial charge in [-0.05, 0) is 41.8 Å². The van der Waals surface area contributed by atoms with Gasteiger partial charge in [-0.15, -0.1) is 0 Å². The number of amides is 2. The topological polar surface area (TPSA) is 67.2 Å². The van der Waals surface area contributed by atoms with Crippen molar-refractivity contribution in [3.05, 3.63) is 77.1 Å². The van der Waals surface area contributed by atoms with Crippen LogP contribution in [-0.4, -0.2) is 33.5 Å². The van der Waals surface area contributed by atoms with E-state index in [1.807, 2.05) is 24.3 Å². The van der Waals surface area contributed by atoms with E-state index in [2.05, 4.69) is 17.3 Å². The molecule has 0 aliphatic rings. The van der Waals surface area contributed by atoms with Gasteiger partial charge in [0.1, 0.15) is 0 Å². The number of rotatable bonds is 5. The van der Waals surface area contributed by atoms with Gasteiger partial charge in [-0.1, -0.05) is 42.8 Å². The number of benzene rings is 2. The monoisotopic (exact) mass is 396 g/mol. The molecule has 0 bridgehead atoms. The van der Waals surface area contributed by atoms with Crippen LogP contribution in [0.2, 0.25) is 5.02 Å². The lowest BCUT2D eigenvalue weighted by atomic mass is 10.1. The summed E-state index contributed by atoms with van der Waals surface area (Å²) in [7, 11) is 1.60. The van der Waals surface area contributed by atoms with Crippen molar-refractivity contribution in [1.29, 1.82) is 0 Å². The molecule has 2 aromatic carbocycles. The molecule has 0 fully saturated rings. The van der Waals surface area contributed by atoms with E-state index in [1.165, 1.54) is 10.5 Å². The number of hydrogen-bond acceptors (Lipinski definition) is 3. The van der Waals surface area contributed by atoms with E-state index in [1.54, 1.807) is 48.4 Å². The number of carbonyl (C=O) groups is 2. The fourth-order valence-corrected chi connectivity index (χ4v) is 3.03. The Morgan fingerprint density at radius 3 is 2.46 bits per heavy atom. The second kappa shape index (κ2) is 8.71. The maximum Gasteiger partial charge on any atom is 0.313 e. The molecule has 3 aromatic rings. The van der Waals surface area contributed by atoms with E-state index in [4.69, 9.17) is 11.6 Å². The van der Waals surface area contributed by atoms with Crippen molar-refractivity contribution in [1.82, 2.24) is 14.7 Å².